The zero-order valence-corrected chi connectivity index (χ0v) is 23.5. The van der Waals surface area contributed by atoms with Crippen LogP contribution in [0.15, 0.2) is 32.4 Å². The number of nitrogen functional groups attached to an aromatic ring is 1. The molecule has 1 saturated heterocycles. The molecule has 3 N–H and O–H groups in total. The molecular formula is C22H19F3N6O10S2. The van der Waals surface area contributed by atoms with Crippen LogP contribution in [0.4, 0.5) is 18.3 Å². The number of ether oxygens (including phenoxy) is 3. The summed E-state index contributed by atoms with van der Waals surface area (Å²) in [6.45, 7) is -0.509. The Labute approximate surface area is 246 Å². The van der Waals surface area contributed by atoms with Crippen molar-refractivity contribution in [2.24, 2.45) is 5.16 Å². The van der Waals surface area contributed by atoms with Crippen molar-refractivity contribution in [3.05, 3.63) is 34.2 Å². The van der Waals surface area contributed by atoms with Gasteiger partial charge in [-0.1, -0.05) is 5.16 Å². The monoisotopic (exact) mass is 648 g/mol. The van der Waals surface area contributed by atoms with Crippen LogP contribution >= 0.6 is 23.1 Å². The highest BCUT2D eigenvalue weighted by Crippen LogP contribution is 2.41. The number of esters is 3. The first kappa shape index (κ1) is 31.3. The van der Waals surface area contributed by atoms with Crippen molar-refractivity contribution < 1.29 is 60.7 Å². The van der Waals surface area contributed by atoms with E-state index in [-0.39, 0.29) is 45.9 Å². The minimum absolute atomic E-state index is 0.0450. The molecule has 2 atom stereocenters. The molecule has 0 aromatic carbocycles. The molecule has 0 aliphatic carbocycles. The number of oxime groups is 1. The molecule has 2 amide bonds. The van der Waals surface area contributed by atoms with E-state index in [9.17, 15) is 37.1 Å². The van der Waals surface area contributed by atoms with Gasteiger partial charge in [0, 0.05) is 22.8 Å². The Bertz CT molecular complexity index is 1520. The lowest BCUT2D eigenvalue weighted by Gasteiger charge is -2.49. The second-order valence-electron chi connectivity index (χ2n) is 8.35. The van der Waals surface area contributed by atoms with E-state index in [1.165, 1.54) is 18.6 Å². The first-order chi connectivity index (χ1) is 20.3. The molecular weight excluding hydrogens is 629 g/mol. The summed E-state index contributed by atoms with van der Waals surface area (Å²) in [6, 6.07) is -0.0350. The summed E-state index contributed by atoms with van der Waals surface area (Å²) >= 11 is 2.04. The van der Waals surface area contributed by atoms with Gasteiger partial charge in [-0.2, -0.15) is 13.2 Å². The summed E-state index contributed by atoms with van der Waals surface area (Å²) in [7, 11) is 2.33. The first-order valence-corrected chi connectivity index (χ1v) is 13.6. The average Bonchev–Trinajstić information content (AvgIpc) is 3.60. The largest absolute Gasteiger partial charge is 0.491 e. The van der Waals surface area contributed by atoms with Gasteiger partial charge >= 0.3 is 24.1 Å². The number of carbonyl (C=O) groups excluding carboxylic acids is 5. The Balaban J connectivity index is 1.55. The third-order valence-electron chi connectivity index (χ3n) is 5.58. The lowest BCUT2D eigenvalue weighted by atomic mass is 10.0. The average molecular weight is 649 g/mol. The van der Waals surface area contributed by atoms with E-state index < -0.39 is 59.6 Å². The lowest BCUT2D eigenvalue weighted by Crippen LogP contribution is -2.71. The van der Waals surface area contributed by atoms with Crippen LogP contribution in [0.2, 0.25) is 0 Å². The van der Waals surface area contributed by atoms with E-state index in [0.29, 0.717) is 0 Å². The quantitative estimate of drug-likeness (QED) is 0.115. The number of alkyl halides is 3. The smallest absolute Gasteiger partial charge is 0.471 e. The molecule has 2 aliphatic heterocycles. The highest BCUT2D eigenvalue weighted by Gasteiger charge is 2.55. The topological polar surface area (TPSA) is 215 Å². The maximum atomic E-state index is 13.1. The molecule has 4 rings (SSSR count). The summed E-state index contributed by atoms with van der Waals surface area (Å²) in [5, 5.41) is 10.2. The van der Waals surface area contributed by atoms with Crippen LogP contribution in [-0.2, 0) is 44.7 Å². The predicted octanol–water partition coefficient (Wildman–Crippen LogP) is 0.144. The fourth-order valence-corrected chi connectivity index (χ4v) is 5.57. The van der Waals surface area contributed by atoms with Gasteiger partial charge in [-0.15, -0.1) is 23.1 Å². The van der Waals surface area contributed by atoms with Crippen LogP contribution in [0, 0.1) is 0 Å². The van der Waals surface area contributed by atoms with Crippen LogP contribution in [0.1, 0.15) is 11.5 Å². The number of aromatic nitrogens is 2. The summed E-state index contributed by atoms with van der Waals surface area (Å²) in [5.74, 6) is -7.21. The second kappa shape index (κ2) is 12.7. The van der Waals surface area contributed by atoms with Crippen LogP contribution in [0.25, 0.3) is 0 Å². The van der Waals surface area contributed by atoms with Gasteiger partial charge in [0.15, 0.2) is 16.6 Å². The number of methoxy groups -OCH3 is 1. The Kier molecular flexibility index (Phi) is 9.23. The Morgan fingerprint density at radius 2 is 2.02 bits per heavy atom. The zero-order chi connectivity index (χ0) is 31.5. The molecule has 2 aromatic rings. The van der Waals surface area contributed by atoms with Crippen LogP contribution in [0.5, 0.6) is 5.88 Å². The second-order valence-corrected chi connectivity index (χ2v) is 10.3. The van der Waals surface area contributed by atoms with Gasteiger partial charge < -0.3 is 34.6 Å². The van der Waals surface area contributed by atoms with Crippen molar-refractivity contribution in [2.75, 3.05) is 32.3 Å². The molecule has 1 fully saturated rings. The first-order valence-electron chi connectivity index (χ1n) is 11.6. The number of anilines is 1. The van der Waals surface area contributed by atoms with Gasteiger partial charge in [0.25, 0.3) is 17.7 Å². The third kappa shape index (κ3) is 6.88. The fourth-order valence-electron chi connectivity index (χ4n) is 3.70. The molecule has 0 saturated carbocycles. The number of thioether (sulfide) groups is 1. The Hall–Kier alpha value is -4.66. The number of nitrogens with two attached hydrogens (primary N) is 1. The molecule has 4 heterocycles. The minimum atomic E-state index is -5.50. The SMILES string of the molecule is CO/N=C(\C(=O)NC1C(=O)N2C(C(=O)OC(=O)C(F)(F)F)=C(COc3cc(CC(=O)OC)on3)CSC12)c1csc(N)n1. The highest BCUT2D eigenvalue weighted by molar-refractivity contribution is 8.00. The van der Waals surface area contributed by atoms with E-state index >= 15 is 0 Å². The number of fused-ring (bicyclic) bond motifs is 1. The number of carbonyl (C=O) groups is 5. The fraction of sp³-hybridized carbons (Fsp3) is 0.364. The predicted molar refractivity (Wildman–Crippen MR) is 137 cm³/mol. The standard InChI is InChI=1S/C22H19F3N6O10S2/c1-37-12(32)4-9-3-11(29-41-9)39-5-8-6-42-18-14(28-16(33)13(30-38-2)10-7-43-21(26)27-10)17(34)31(18)15(8)19(35)40-20(36)22(23,24)25/h3,7,14,18H,4-6H2,1-2H3,(H2,26,27)(H,28,33)/b30-13-. The maximum Gasteiger partial charge on any atom is 0.491 e. The van der Waals surface area contributed by atoms with E-state index in [4.69, 9.17) is 15.0 Å². The number of hydrogen-bond donors (Lipinski definition) is 2. The molecule has 2 aliphatic rings. The summed E-state index contributed by atoms with van der Waals surface area (Å²) in [5.41, 5.74) is 4.61. The zero-order valence-electron chi connectivity index (χ0n) is 21.8. The van der Waals surface area contributed by atoms with Crippen molar-refractivity contribution >= 4 is 63.7 Å². The van der Waals surface area contributed by atoms with Crippen molar-refractivity contribution in [3.63, 3.8) is 0 Å². The number of nitrogens with zero attached hydrogens (tertiary/aromatic N) is 4. The van der Waals surface area contributed by atoms with Gasteiger partial charge in [0.2, 0.25) is 0 Å². The molecule has 0 spiro atoms. The molecule has 0 radical (unpaired) electrons. The molecule has 230 valence electrons. The number of halogens is 3. The van der Waals surface area contributed by atoms with Gasteiger partial charge in [0.1, 0.15) is 42.9 Å². The highest BCUT2D eigenvalue weighted by atomic mass is 32.2. The molecule has 43 heavy (non-hydrogen) atoms. The minimum Gasteiger partial charge on any atom is -0.471 e. The molecule has 21 heteroatoms. The van der Waals surface area contributed by atoms with Crippen molar-refractivity contribution in [3.8, 4) is 5.88 Å². The Morgan fingerprint density at radius 3 is 2.65 bits per heavy atom. The molecule has 2 unspecified atom stereocenters. The summed E-state index contributed by atoms with van der Waals surface area (Å²) < 4.78 is 57.4. The van der Waals surface area contributed by atoms with Crippen LogP contribution in [0.3, 0.4) is 0 Å². The van der Waals surface area contributed by atoms with Crippen molar-refractivity contribution in [1.82, 2.24) is 20.4 Å². The van der Waals surface area contributed by atoms with Crippen LogP contribution < -0.4 is 15.8 Å². The maximum absolute atomic E-state index is 13.1. The number of amides is 2. The van der Waals surface area contributed by atoms with E-state index in [2.05, 4.69) is 34.9 Å². The van der Waals surface area contributed by atoms with E-state index in [1.807, 2.05) is 0 Å². The number of thiazole rings is 1. The van der Waals surface area contributed by atoms with E-state index in [1.54, 1.807) is 0 Å². The van der Waals surface area contributed by atoms with Gasteiger partial charge in [-0.25, -0.2) is 14.6 Å². The number of nitrogens with one attached hydrogen (secondary N) is 1. The Morgan fingerprint density at radius 1 is 1.28 bits per heavy atom. The third-order valence-corrected chi connectivity index (χ3v) is 7.60. The van der Waals surface area contributed by atoms with Gasteiger partial charge in [-0.05, 0) is 5.16 Å². The summed E-state index contributed by atoms with van der Waals surface area (Å²) in [6.07, 6.45) is -5.77. The molecule has 2 aromatic heterocycles. The normalized spacial score (nSPS) is 18.4. The van der Waals surface area contributed by atoms with Crippen LogP contribution in [-0.4, -0.2) is 94.6 Å². The van der Waals surface area contributed by atoms with Gasteiger partial charge in [-0.3, -0.25) is 19.3 Å². The molecule has 0 bridgehead atoms. The van der Waals surface area contributed by atoms with Crippen molar-refractivity contribution in [2.45, 2.75) is 24.0 Å². The molecule has 16 nitrogen and oxygen atoms in total. The summed E-state index contributed by atoms with van der Waals surface area (Å²) in [4.78, 5) is 71.1. The van der Waals surface area contributed by atoms with Crippen molar-refractivity contribution in [1.29, 1.82) is 0 Å². The van der Waals surface area contributed by atoms with E-state index in [0.717, 1.165) is 35.1 Å². The number of β-lactam (4-membered cyclic amide) rings is 1. The number of hydrogen-bond acceptors (Lipinski definition) is 16. The van der Waals surface area contributed by atoms with Gasteiger partial charge in [0.05, 0.1) is 7.11 Å². The lowest BCUT2D eigenvalue weighted by molar-refractivity contribution is -0.201. The number of rotatable bonds is 10.